The van der Waals surface area contributed by atoms with E-state index < -0.39 is 0 Å². The van der Waals surface area contributed by atoms with Crippen molar-refractivity contribution in [3.63, 3.8) is 0 Å². The molecule has 2 amide bonds. The number of carbonyl (C=O) groups is 2. The number of halogens is 1. The van der Waals surface area contributed by atoms with E-state index in [4.69, 9.17) is 0 Å². The predicted octanol–water partition coefficient (Wildman–Crippen LogP) is 3.14. The second kappa shape index (κ2) is 7.85. The lowest BCUT2D eigenvalue weighted by molar-refractivity contribution is -0.136. The summed E-state index contributed by atoms with van der Waals surface area (Å²) in [6.45, 7) is 6.71. The quantitative estimate of drug-likeness (QED) is 0.802. The van der Waals surface area contributed by atoms with Crippen LogP contribution in [-0.4, -0.2) is 49.4 Å². The van der Waals surface area contributed by atoms with E-state index in [1.807, 2.05) is 41.8 Å². The molecule has 0 aromatic heterocycles. The third-order valence-electron chi connectivity index (χ3n) is 5.78. The van der Waals surface area contributed by atoms with Crippen molar-refractivity contribution in [3.05, 3.63) is 59.4 Å². The number of nitrogens with zero attached hydrogens (tertiary/aromatic N) is 3. The number of benzene rings is 2. The normalized spacial score (nSPS) is 19.8. The molecule has 1 atom stereocenters. The van der Waals surface area contributed by atoms with Gasteiger partial charge < -0.3 is 14.7 Å². The first-order valence-corrected chi connectivity index (χ1v) is 10.1. The fourth-order valence-corrected chi connectivity index (χ4v) is 4.36. The number of rotatable bonds is 3. The maximum absolute atomic E-state index is 14.0. The van der Waals surface area contributed by atoms with E-state index in [1.54, 1.807) is 17.0 Å². The summed E-state index contributed by atoms with van der Waals surface area (Å²) < 4.78 is 14.0. The minimum Gasteiger partial charge on any atom is -0.366 e. The molecule has 0 unspecified atom stereocenters. The number of amides is 2. The van der Waals surface area contributed by atoms with Crippen molar-refractivity contribution in [1.29, 1.82) is 0 Å². The van der Waals surface area contributed by atoms with Gasteiger partial charge in [-0.3, -0.25) is 9.59 Å². The summed E-state index contributed by atoms with van der Waals surface area (Å²) in [6, 6.07) is 12.8. The van der Waals surface area contributed by atoms with Gasteiger partial charge in [0.1, 0.15) is 5.82 Å². The van der Waals surface area contributed by atoms with E-state index in [1.165, 1.54) is 6.07 Å². The molecule has 4 rings (SSSR count). The summed E-state index contributed by atoms with van der Waals surface area (Å²) in [5.74, 6) is -0.530. The molecule has 0 saturated carbocycles. The first kappa shape index (κ1) is 19.4. The summed E-state index contributed by atoms with van der Waals surface area (Å²) in [5, 5.41) is 0. The summed E-state index contributed by atoms with van der Waals surface area (Å²) in [7, 11) is 0. The largest absolute Gasteiger partial charge is 0.366 e. The van der Waals surface area contributed by atoms with Crippen molar-refractivity contribution in [2.24, 2.45) is 5.92 Å². The van der Waals surface area contributed by atoms with Crippen LogP contribution < -0.4 is 9.80 Å². The smallest absolute Gasteiger partial charge is 0.228 e. The molecule has 0 N–H and O–H groups in total. The van der Waals surface area contributed by atoms with E-state index in [9.17, 15) is 14.0 Å². The van der Waals surface area contributed by atoms with Crippen LogP contribution in [0.2, 0.25) is 0 Å². The van der Waals surface area contributed by atoms with Crippen molar-refractivity contribution >= 4 is 23.2 Å². The van der Waals surface area contributed by atoms with E-state index in [2.05, 4.69) is 6.07 Å². The fourth-order valence-electron chi connectivity index (χ4n) is 4.36. The Hall–Kier alpha value is -2.89. The lowest BCUT2D eigenvalue weighted by atomic mass is 10.1. The molecule has 2 fully saturated rings. The Morgan fingerprint density at radius 2 is 1.66 bits per heavy atom. The molecule has 2 aliphatic rings. The van der Waals surface area contributed by atoms with Crippen LogP contribution in [0.5, 0.6) is 0 Å². The van der Waals surface area contributed by atoms with Gasteiger partial charge >= 0.3 is 0 Å². The molecule has 2 heterocycles. The molecular formula is C23H26FN3O2. The molecule has 152 valence electrons. The van der Waals surface area contributed by atoms with Crippen molar-refractivity contribution < 1.29 is 14.0 Å². The topological polar surface area (TPSA) is 43.9 Å². The van der Waals surface area contributed by atoms with Crippen LogP contribution in [0, 0.1) is 25.6 Å². The van der Waals surface area contributed by atoms with Crippen LogP contribution in [0.25, 0.3) is 0 Å². The first-order chi connectivity index (χ1) is 13.9. The number of piperazine rings is 1. The van der Waals surface area contributed by atoms with Gasteiger partial charge in [-0.15, -0.1) is 0 Å². The standard InChI is InChI=1S/C23H26FN3O2/c1-16-11-17(2)13-19(12-16)27-15-18(14-22(27)28)23(29)26-9-7-25(8-10-26)21-6-4-3-5-20(21)24/h3-6,11-13,18H,7-10,14-15H2,1-2H3/t18-/m0/s1. The van der Waals surface area contributed by atoms with Crippen LogP contribution >= 0.6 is 0 Å². The average molecular weight is 395 g/mol. The fraction of sp³-hybridized carbons (Fsp3) is 0.391. The van der Waals surface area contributed by atoms with Crippen LogP contribution in [0.4, 0.5) is 15.8 Å². The zero-order valence-electron chi connectivity index (χ0n) is 16.9. The summed E-state index contributed by atoms with van der Waals surface area (Å²) in [5.41, 5.74) is 3.66. The SMILES string of the molecule is Cc1cc(C)cc(N2C[C@@H](C(=O)N3CCN(c4ccccc4F)CC3)CC2=O)c1. The molecule has 0 aliphatic carbocycles. The van der Waals surface area contributed by atoms with Gasteiger partial charge in [0.2, 0.25) is 11.8 Å². The number of para-hydroxylation sites is 1. The Labute approximate surface area is 170 Å². The van der Waals surface area contributed by atoms with Gasteiger partial charge in [0, 0.05) is 44.8 Å². The van der Waals surface area contributed by atoms with Gasteiger partial charge in [0.15, 0.2) is 0 Å². The Bertz CT molecular complexity index is 917. The zero-order valence-corrected chi connectivity index (χ0v) is 16.9. The summed E-state index contributed by atoms with van der Waals surface area (Å²) in [4.78, 5) is 31.1. The summed E-state index contributed by atoms with van der Waals surface area (Å²) in [6.07, 6.45) is 0.249. The highest BCUT2D eigenvalue weighted by Crippen LogP contribution is 2.28. The number of hydrogen-bond acceptors (Lipinski definition) is 3. The van der Waals surface area contributed by atoms with E-state index in [0.29, 0.717) is 38.4 Å². The van der Waals surface area contributed by atoms with Crippen LogP contribution in [-0.2, 0) is 9.59 Å². The Morgan fingerprint density at radius 1 is 1.00 bits per heavy atom. The highest BCUT2D eigenvalue weighted by molar-refractivity contribution is 6.00. The Morgan fingerprint density at radius 3 is 2.31 bits per heavy atom. The van der Waals surface area contributed by atoms with Gasteiger partial charge in [0.25, 0.3) is 0 Å². The van der Waals surface area contributed by atoms with Crippen molar-refractivity contribution in [1.82, 2.24) is 4.90 Å². The lowest BCUT2D eigenvalue weighted by Crippen LogP contribution is -2.51. The number of hydrogen-bond donors (Lipinski definition) is 0. The van der Waals surface area contributed by atoms with Gasteiger partial charge in [-0.05, 0) is 49.2 Å². The monoisotopic (exact) mass is 395 g/mol. The Kier molecular flexibility index (Phi) is 5.26. The van der Waals surface area contributed by atoms with Crippen molar-refractivity contribution in [3.8, 4) is 0 Å². The van der Waals surface area contributed by atoms with Crippen LogP contribution in [0.1, 0.15) is 17.5 Å². The van der Waals surface area contributed by atoms with Gasteiger partial charge in [-0.1, -0.05) is 18.2 Å². The molecule has 5 nitrogen and oxygen atoms in total. The minimum absolute atomic E-state index is 0.00153. The number of anilines is 2. The molecule has 0 spiro atoms. The molecule has 0 bridgehead atoms. The molecule has 2 aliphatic heterocycles. The zero-order chi connectivity index (χ0) is 20.5. The van der Waals surface area contributed by atoms with Crippen molar-refractivity contribution in [2.45, 2.75) is 20.3 Å². The highest BCUT2D eigenvalue weighted by Gasteiger charge is 2.38. The first-order valence-electron chi connectivity index (χ1n) is 10.1. The maximum Gasteiger partial charge on any atom is 0.228 e. The van der Waals surface area contributed by atoms with E-state index in [0.717, 1.165) is 16.8 Å². The number of aryl methyl sites for hydroxylation is 2. The molecule has 2 aromatic rings. The Balaban J connectivity index is 1.39. The van der Waals surface area contributed by atoms with Gasteiger partial charge in [-0.2, -0.15) is 0 Å². The average Bonchev–Trinajstić information content (AvgIpc) is 3.09. The van der Waals surface area contributed by atoms with Crippen LogP contribution in [0.15, 0.2) is 42.5 Å². The van der Waals surface area contributed by atoms with Gasteiger partial charge in [0.05, 0.1) is 11.6 Å². The third-order valence-corrected chi connectivity index (χ3v) is 5.78. The molecule has 2 aromatic carbocycles. The molecule has 0 radical (unpaired) electrons. The van der Waals surface area contributed by atoms with E-state index in [-0.39, 0.29) is 30.0 Å². The van der Waals surface area contributed by atoms with Crippen LogP contribution in [0.3, 0.4) is 0 Å². The lowest BCUT2D eigenvalue weighted by Gasteiger charge is -2.37. The molecular weight excluding hydrogens is 369 g/mol. The second-order valence-electron chi connectivity index (χ2n) is 8.02. The van der Waals surface area contributed by atoms with Gasteiger partial charge in [-0.25, -0.2) is 4.39 Å². The highest BCUT2D eigenvalue weighted by atomic mass is 19.1. The maximum atomic E-state index is 14.0. The third kappa shape index (κ3) is 3.97. The predicted molar refractivity (Wildman–Crippen MR) is 112 cm³/mol. The van der Waals surface area contributed by atoms with E-state index >= 15 is 0 Å². The second-order valence-corrected chi connectivity index (χ2v) is 8.02. The summed E-state index contributed by atoms with van der Waals surface area (Å²) >= 11 is 0. The molecule has 29 heavy (non-hydrogen) atoms. The van der Waals surface area contributed by atoms with Crippen molar-refractivity contribution in [2.75, 3.05) is 42.5 Å². The number of carbonyl (C=O) groups excluding carboxylic acids is 2. The minimum atomic E-state index is -0.316. The molecule has 2 saturated heterocycles. The molecule has 6 heteroatoms.